The summed E-state index contributed by atoms with van der Waals surface area (Å²) in [6.45, 7) is 2.80. The van der Waals surface area contributed by atoms with Crippen molar-refractivity contribution in [2.24, 2.45) is 0 Å². The van der Waals surface area contributed by atoms with Gasteiger partial charge in [0.2, 0.25) is 5.91 Å². The van der Waals surface area contributed by atoms with E-state index in [0.717, 1.165) is 15.7 Å². The Morgan fingerprint density at radius 2 is 1.95 bits per heavy atom. The predicted molar refractivity (Wildman–Crippen MR) is 84.1 cm³/mol. The van der Waals surface area contributed by atoms with Crippen LogP contribution >= 0.6 is 0 Å². The molecule has 2 rings (SSSR count). The van der Waals surface area contributed by atoms with Gasteiger partial charge in [-0.25, -0.2) is 0 Å². The van der Waals surface area contributed by atoms with Crippen LogP contribution in [0.4, 0.5) is 5.69 Å². The van der Waals surface area contributed by atoms with Gasteiger partial charge >= 0.3 is 0 Å². The van der Waals surface area contributed by atoms with E-state index in [0.29, 0.717) is 13.2 Å². The summed E-state index contributed by atoms with van der Waals surface area (Å²) in [6, 6.07) is 6.76. The maximum Gasteiger partial charge on any atom is 0.279 e. The number of carbonyl (C=O) groups is 1. The van der Waals surface area contributed by atoms with Gasteiger partial charge in [-0.3, -0.25) is 4.79 Å². The van der Waals surface area contributed by atoms with Gasteiger partial charge in [0.1, 0.15) is 5.75 Å². The Morgan fingerprint density at radius 3 is 2.50 bits per heavy atom. The monoisotopic (exact) mass is 327 g/mol. The molecule has 22 heavy (non-hydrogen) atoms. The molecular formula is C14H21N3O4S. The fourth-order valence-corrected chi connectivity index (χ4v) is 3.03. The molecule has 1 aromatic carbocycles. The second-order valence-electron chi connectivity index (χ2n) is 5.24. The summed E-state index contributed by atoms with van der Waals surface area (Å²) in [4.78, 5) is 13.7. The lowest BCUT2D eigenvalue weighted by atomic mass is 10.3. The highest BCUT2D eigenvalue weighted by molar-refractivity contribution is 7.87. The van der Waals surface area contributed by atoms with Gasteiger partial charge in [0.25, 0.3) is 10.2 Å². The first-order valence-electron chi connectivity index (χ1n) is 7.06. The van der Waals surface area contributed by atoms with Gasteiger partial charge < -0.3 is 9.64 Å². The van der Waals surface area contributed by atoms with Crippen LogP contribution in [0.25, 0.3) is 0 Å². The molecule has 0 spiro atoms. The smallest absolute Gasteiger partial charge is 0.279 e. The van der Waals surface area contributed by atoms with E-state index >= 15 is 0 Å². The summed E-state index contributed by atoms with van der Waals surface area (Å²) < 4.78 is 32.6. The van der Waals surface area contributed by atoms with Crippen LogP contribution in [-0.4, -0.2) is 51.9 Å². The molecule has 0 aromatic heterocycles. The van der Waals surface area contributed by atoms with Gasteiger partial charge in [0, 0.05) is 38.8 Å². The van der Waals surface area contributed by atoms with Crippen molar-refractivity contribution in [3.63, 3.8) is 0 Å². The van der Waals surface area contributed by atoms with E-state index in [1.54, 1.807) is 29.2 Å². The quantitative estimate of drug-likeness (QED) is 0.829. The van der Waals surface area contributed by atoms with Gasteiger partial charge in [-0.05, 0) is 31.2 Å². The zero-order valence-corrected chi connectivity index (χ0v) is 13.8. The molecule has 1 heterocycles. The molecular weight excluding hydrogens is 306 g/mol. The van der Waals surface area contributed by atoms with Crippen LogP contribution in [0.5, 0.6) is 5.75 Å². The number of anilines is 1. The van der Waals surface area contributed by atoms with Crippen LogP contribution in [0.3, 0.4) is 0 Å². The fraction of sp³-hybridized carbons (Fsp3) is 0.500. The van der Waals surface area contributed by atoms with E-state index in [1.165, 1.54) is 14.1 Å². The Morgan fingerprint density at radius 1 is 1.32 bits per heavy atom. The van der Waals surface area contributed by atoms with Crippen molar-refractivity contribution in [1.82, 2.24) is 9.03 Å². The van der Waals surface area contributed by atoms with Crippen LogP contribution < -0.4 is 14.4 Å². The SMILES string of the molecule is CCOc1ccc(N2C[C@H](NS(=O)(=O)N(C)C)CC2=O)cc1. The lowest BCUT2D eigenvalue weighted by Gasteiger charge is -2.19. The van der Waals surface area contributed by atoms with Gasteiger partial charge in [-0.1, -0.05) is 0 Å². The molecule has 0 aliphatic carbocycles. The molecule has 0 bridgehead atoms. The number of carbonyl (C=O) groups excluding carboxylic acids is 1. The first kappa shape index (κ1) is 16.7. The van der Waals surface area contributed by atoms with Crippen LogP contribution in [0.2, 0.25) is 0 Å². The fourth-order valence-electron chi connectivity index (χ4n) is 2.24. The van der Waals surface area contributed by atoms with Crippen molar-refractivity contribution in [2.45, 2.75) is 19.4 Å². The Hall–Kier alpha value is -1.64. The molecule has 1 aromatic rings. The molecule has 1 fully saturated rings. The van der Waals surface area contributed by atoms with Gasteiger partial charge in [-0.15, -0.1) is 0 Å². The number of nitrogens with one attached hydrogen (secondary N) is 1. The highest BCUT2D eigenvalue weighted by atomic mass is 32.2. The third kappa shape index (κ3) is 3.76. The molecule has 8 heteroatoms. The summed E-state index contributed by atoms with van der Waals surface area (Å²) in [6.07, 6.45) is 0.153. The number of hydrogen-bond donors (Lipinski definition) is 1. The highest BCUT2D eigenvalue weighted by Gasteiger charge is 2.33. The summed E-state index contributed by atoms with van der Waals surface area (Å²) >= 11 is 0. The average Bonchev–Trinajstić information content (AvgIpc) is 2.80. The standard InChI is InChI=1S/C14H21N3O4S/c1-4-21-13-7-5-12(6-8-13)17-10-11(9-14(17)18)15-22(19,20)16(2)3/h5-8,11,15H,4,9-10H2,1-3H3/t11-/m1/s1. The molecule has 1 aliphatic heterocycles. The van der Waals surface area contributed by atoms with Crippen molar-refractivity contribution in [3.05, 3.63) is 24.3 Å². The molecule has 0 saturated carbocycles. The zero-order valence-electron chi connectivity index (χ0n) is 12.9. The normalized spacial score (nSPS) is 19.0. The molecule has 1 aliphatic rings. The minimum absolute atomic E-state index is 0.101. The molecule has 0 unspecified atom stereocenters. The third-order valence-electron chi connectivity index (χ3n) is 3.38. The van der Waals surface area contributed by atoms with Gasteiger partial charge in [0.05, 0.1) is 6.61 Å². The topological polar surface area (TPSA) is 79.0 Å². The first-order valence-corrected chi connectivity index (χ1v) is 8.50. The van der Waals surface area contributed by atoms with E-state index in [9.17, 15) is 13.2 Å². The van der Waals surface area contributed by atoms with Crippen molar-refractivity contribution >= 4 is 21.8 Å². The molecule has 1 saturated heterocycles. The number of nitrogens with zero attached hydrogens (tertiary/aromatic N) is 2. The van der Waals surface area contributed by atoms with Crippen molar-refractivity contribution in [3.8, 4) is 5.75 Å². The summed E-state index contributed by atoms with van der Waals surface area (Å²) in [5.74, 6) is 0.637. The van der Waals surface area contributed by atoms with Crippen molar-refractivity contribution < 1.29 is 17.9 Å². The van der Waals surface area contributed by atoms with E-state index in [-0.39, 0.29) is 12.3 Å². The molecule has 1 amide bonds. The van der Waals surface area contributed by atoms with Gasteiger partial charge in [0.15, 0.2) is 0 Å². The molecule has 122 valence electrons. The summed E-state index contributed by atoms with van der Waals surface area (Å²) in [5.41, 5.74) is 0.736. The number of amides is 1. The highest BCUT2D eigenvalue weighted by Crippen LogP contribution is 2.24. The summed E-state index contributed by atoms with van der Waals surface area (Å²) in [7, 11) is -0.645. The molecule has 1 N–H and O–H groups in total. The lowest BCUT2D eigenvalue weighted by Crippen LogP contribution is -2.43. The number of hydrogen-bond acceptors (Lipinski definition) is 4. The van der Waals surface area contributed by atoms with Crippen LogP contribution in [0, 0.1) is 0 Å². The number of ether oxygens (including phenoxy) is 1. The molecule has 0 radical (unpaired) electrons. The van der Waals surface area contributed by atoms with Crippen molar-refractivity contribution in [1.29, 1.82) is 0 Å². The van der Waals surface area contributed by atoms with Crippen LogP contribution in [0.1, 0.15) is 13.3 Å². The van der Waals surface area contributed by atoms with E-state index in [2.05, 4.69) is 4.72 Å². The van der Waals surface area contributed by atoms with Gasteiger partial charge in [-0.2, -0.15) is 17.4 Å². The van der Waals surface area contributed by atoms with Crippen molar-refractivity contribution in [2.75, 3.05) is 32.1 Å². The number of rotatable bonds is 6. The van der Waals surface area contributed by atoms with E-state index in [4.69, 9.17) is 4.74 Å². The Kier molecular flexibility index (Phi) is 5.05. The maximum absolute atomic E-state index is 12.1. The maximum atomic E-state index is 12.1. The zero-order chi connectivity index (χ0) is 16.3. The molecule has 7 nitrogen and oxygen atoms in total. The largest absolute Gasteiger partial charge is 0.494 e. The predicted octanol–water partition coefficient (Wildman–Crippen LogP) is 0.587. The number of benzene rings is 1. The van der Waals surface area contributed by atoms with Crippen LogP contribution in [-0.2, 0) is 15.0 Å². The lowest BCUT2D eigenvalue weighted by molar-refractivity contribution is -0.117. The first-order chi connectivity index (χ1) is 10.3. The average molecular weight is 327 g/mol. The van der Waals surface area contributed by atoms with E-state index < -0.39 is 16.3 Å². The second kappa shape index (κ2) is 6.64. The molecule has 1 atom stereocenters. The van der Waals surface area contributed by atoms with E-state index in [1.807, 2.05) is 6.92 Å². The van der Waals surface area contributed by atoms with Crippen LogP contribution in [0.15, 0.2) is 24.3 Å². The minimum Gasteiger partial charge on any atom is -0.494 e. The Bertz CT molecular complexity index is 628. The Balaban J connectivity index is 2.06. The summed E-state index contributed by atoms with van der Waals surface area (Å²) in [5, 5.41) is 0. The Labute approximate surface area is 131 Å². The third-order valence-corrected chi connectivity index (χ3v) is 4.97. The minimum atomic E-state index is -3.54. The second-order valence-corrected chi connectivity index (χ2v) is 7.15.